The lowest BCUT2D eigenvalue weighted by Gasteiger charge is -2.11. The summed E-state index contributed by atoms with van der Waals surface area (Å²) in [6.45, 7) is 0.445. The molecule has 2 aromatic carbocycles. The minimum Gasteiger partial charge on any atom is -0.493 e. The van der Waals surface area contributed by atoms with E-state index in [9.17, 15) is 10.1 Å². The summed E-state index contributed by atoms with van der Waals surface area (Å²) in [4.78, 5) is 13.7. The van der Waals surface area contributed by atoms with E-state index in [0.717, 1.165) is 42.4 Å². The molecule has 0 saturated carbocycles. The number of carbonyl (C=O) groups is 1. The van der Waals surface area contributed by atoms with Crippen molar-refractivity contribution in [2.24, 2.45) is 0 Å². The Bertz CT molecular complexity index is 1180. The van der Waals surface area contributed by atoms with E-state index in [-0.39, 0.29) is 5.91 Å². The number of ether oxygens (including phenoxy) is 2. The first-order valence-electron chi connectivity index (χ1n) is 10.6. The number of fused-ring (bicyclic) bond motifs is 1. The lowest BCUT2D eigenvalue weighted by atomic mass is 9.96. The van der Waals surface area contributed by atoms with Gasteiger partial charge in [0.2, 0.25) is 5.91 Å². The molecule has 1 aromatic heterocycles. The number of methoxy groups -OCH3 is 1. The number of rotatable bonds is 7. The standard InChI is InChI=1S/C26H24N2O3S/c1-30-23-15-18(11-13-22(23)31-17-19-7-3-2-4-8-19)12-14-25(29)28-26-21(16-27)20-9-5-6-10-24(20)32-26/h2-4,7-8,11-15H,5-6,9-10,17H2,1H3,(H,28,29). The quantitative estimate of drug-likeness (QED) is 0.472. The summed E-state index contributed by atoms with van der Waals surface area (Å²) in [5, 5.41) is 13.1. The smallest absolute Gasteiger partial charge is 0.249 e. The van der Waals surface area contributed by atoms with Gasteiger partial charge in [-0.25, -0.2) is 0 Å². The molecule has 3 aromatic rings. The molecule has 0 unspecified atom stereocenters. The van der Waals surface area contributed by atoms with Crippen LogP contribution in [-0.4, -0.2) is 13.0 Å². The van der Waals surface area contributed by atoms with E-state index in [1.165, 1.54) is 22.3 Å². The van der Waals surface area contributed by atoms with Gasteiger partial charge in [0.05, 0.1) is 12.7 Å². The Kier molecular flexibility index (Phi) is 6.88. The van der Waals surface area contributed by atoms with E-state index in [1.54, 1.807) is 13.2 Å². The summed E-state index contributed by atoms with van der Waals surface area (Å²) in [6, 6.07) is 17.7. The molecule has 1 amide bonds. The maximum absolute atomic E-state index is 12.5. The minimum atomic E-state index is -0.261. The molecule has 1 N–H and O–H groups in total. The maximum atomic E-state index is 12.5. The van der Waals surface area contributed by atoms with Gasteiger partial charge in [-0.15, -0.1) is 11.3 Å². The Morgan fingerprint density at radius 1 is 1.16 bits per heavy atom. The molecule has 6 heteroatoms. The zero-order valence-corrected chi connectivity index (χ0v) is 18.7. The largest absolute Gasteiger partial charge is 0.493 e. The number of nitrogens with one attached hydrogen (secondary N) is 1. The third-order valence-electron chi connectivity index (χ3n) is 5.37. The van der Waals surface area contributed by atoms with Crippen LogP contribution in [0, 0.1) is 11.3 Å². The van der Waals surface area contributed by atoms with Crippen molar-refractivity contribution >= 4 is 28.3 Å². The van der Waals surface area contributed by atoms with E-state index < -0.39 is 0 Å². The van der Waals surface area contributed by atoms with Crippen molar-refractivity contribution in [2.45, 2.75) is 32.3 Å². The van der Waals surface area contributed by atoms with Crippen LogP contribution in [0.3, 0.4) is 0 Å². The highest BCUT2D eigenvalue weighted by molar-refractivity contribution is 7.16. The molecule has 162 valence electrons. The summed E-state index contributed by atoms with van der Waals surface area (Å²) < 4.78 is 11.3. The number of nitrogens with zero attached hydrogens (tertiary/aromatic N) is 1. The summed E-state index contributed by atoms with van der Waals surface area (Å²) in [5.74, 6) is 0.977. The van der Waals surface area contributed by atoms with Crippen molar-refractivity contribution in [3.63, 3.8) is 0 Å². The van der Waals surface area contributed by atoms with E-state index in [2.05, 4.69) is 11.4 Å². The van der Waals surface area contributed by atoms with Gasteiger partial charge >= 0.3 is 0 Å². The van der Waals surface area contributed by atoms with Gasteiger partial charge in [0, 0.05) is 11.0 Å². The third-order valence-corrected chi connectivity index (χ3v) is 6.58. The Balaban J connectivity index is 1.42. The number of aryl methyl sites for hydroxylation is 1. The molecule has 1 aliphatic rings. The average Bonchev–Trinajstić information content (AvgIpc) is 3.19. The van der Waals surface area contributed by atoms with E-state index >= 15 is 0 Å². The van der Waals surface area contributed by atoms with Crippen LogP contribution in [0.1, 0.15) is 40.0 Å². The highest BCUT2D eigenvalue weighted by Crippen LogP contribution is 2.37. The molecule has 0 bridgehead atoms. The first-order valence-corrected chi connectivity index (χ1v) is 11.4. The summed E-state index contributed by atoms with van der Waals surface area (Å²) in [7, 11) is 1.59. The Morgan fingerprint density at radius 3 is 2.75 bits per heavy atom. The number of benzene rings is 2. The van der Waals surface area contributed by atoms with Crippen molar-refractivity contribution in [3.8, 4) is 17.6 Å². The van der Waals surface area contributed by atoms with Crippen LogP contribution < -0.4 is 14.8 Å². The molecule has 0 spiro atoms. The third kappa shape index (κ3) is 5.01. The van der Waals surface area contributed by atoms with Crippen LogP contribution in [0.5, 0.6) is 11.5 Å². The second kappa shape index (κ2) is 10.2. The normalized spacial score (nSPS) is 12.8. The first kappa shape index (κ1) is 21.7. The number of nitriles is 1. The van der Waals surface area contributed by atoms with Crippen LogP contribution >= 0.6 is 11.3 Å². The Labute approximate surface area is 191 Å². The van der Waals surface area contributed by atoms with Crippen molar-refractivity contribution in [1.82, 2.24) is 0 Å². The van der Waals surface area contributed by atoms with E-state index in [0.29, 0.717) is 28.7 Å². The fraction of sp³-hybridized carbons (Fsp3) is 0.231. The number of thiophene rings is 1. The lowest BCUT2D eigenvalue weighted by Crippen LogP contribution is -2.07. The van der Waals surface area contributed by atoms with Gasteiger partial charge in [0.1, 0.15) is 17.7 Å². The second-order valence-electron chi connectivity index (χ2n) is 7.53. The molecule has 5 nitrogen and oxygen atoms in total. The molecular weight excluding hydrogens is 420 g/mol. The number of hydrogen-bond donors (Lipinski definition) is 1. The van der Waals surface area contributed by atoms with Crippen molar-refractivity contribution in [3.05, 3.63) is 81.7 Å². The van der Waals surface area contributed by atoms with Gasteiger partial charge in [0.15, 0.2) is 11.5 Å². The van der Waals surface area contributed by atoms with Crippen LogP contribution in [0.15, 0.2) is 54.6 Å². The van der Waals surface area contributed by atoms with Crippen molar-refractivity contribution in [1.29, 1.82) is 5.26 Å². The summed E-state index contributed by atoms with van der Waals surface area (Å²) >= 11 is 1.52. The van der Waals surface area contributed by atoms with Crippen LogP contribution in [-0.2, 0) is 24.2 Å². The first-order chi connectivity index (χ1) is 15.7. The maximum Gasteiger partial charge on any atom is 0.249 e. The summed E-state index contributed by atoms with van der Waals surface area (Å²) in [6.07, 6.45) is 7.33. The molecule has 0 radical (unpaired) electrons. The second-order valence-corrected chi connectivity index (χ2v) is 8.64. The zero-order valence-electron chi connectivity index (χ0n) is 17.9. The topological polar surface area (TPSA) is 71.3 Å². The predicted octanol–water partition coefficient (Wildman–Crippen LogP) is 5.74. The molecule has 1 aliphatic carbocycles. The Hall–Kier alpha value is -3.56. The van der Waals surface area contributed by atoms with Gasteiger partial charge in [-0.1, -0.05) is 36.4 Å². The van der Waals surface area contributed by atoms with Gasteiger partial charge in [-0.2, -0.15) is 5.26 Å². The molecule has 0 atom stereocenters. The van der Waals surface area contributed by atoms with Crippen molar-refractivity contribution < 1.29 is 14.3 Å². The minimum absolute atomic E-state index is 0.261. The average molecular weight is 445 g/mol. The number of hydrogen-bond acceptors (Lipinski definition) is 5. The van der Waals surface area contributed by atoms with Crippen LogP contribution in [0.2, 0.25) is 0 Å². The van der Waals surface area contributed by atoms with Gasteiger partial charge < -0.3 is 14.8 Å². The fourth-order valence-corrected chi connectivity index (χ4v) is 4.98. The highest BCUT2D eigenvalue weighted by atomic mass is 32.1. The van der Waals surface area contributed by atoms with Gasteiger partial charge in [-0.3, -0.25) is 4.79 Å². The molecule has 0 aliphatic heterocycles. The Morgan fingerprint density at radius 2 is 1.97 bits per heavy atom. The summed E-state index contributed by atoms with van der Waals surface area (Å²) in [5.41, 5.74) is 3.61. The zero-order chi connectivity index (χ0) is 22.3. The molecule has 1 heterocycles. The number of amides is 1. The monoisotopic (exact) mass is 444 g/mol. The highest BCUT2D eigenvalue weighted by Gasteiger charge is 2.21. The van der Waals surface area contributed by atoms with Crippen LogP contribution in [0.4, 0.5) is 5.00 Å². The molecular formula is C26H24N2O3S. The van der Waals surface area contributed by atoms with Gasteiger partial charge in [0.25, 0.3) is 0 Å². The predicted molar refractivity (Wildman–Crippen MR) is 127 cm³/mol. The lowest BCUT2D eigenvalue weighted by molar-refractivity contribution is -0.111. The molecule has 32 heavy (non-hydrogen) atoms. The van der Waals surface area contributed by atoms with Crippen molar-refractivity contribution in [2.75, 3.05) is 12.4 Å². The van der Waals surface area contributed by atoms with E-state index in [4.69, 9.17) is 9.47 Å². The fourth-order valence-electron chi connectivity index (χ4n) is 3.74. The SMILES string of the molecule is COc1cc(C=CC(=O)Nc2sc3c(c2C#N)CCCC3)ccc1OCc1ccccc1. The van der Waals surface area contributed by atoms with E-state index in [1.807, 2.05) is 48.5 Å². The van der Waals surface area contributed by atoms with Gasteiger partial charge in [-0.05, 0) is 60.6 Å². The molecule has 0 saturated heterocycles. The number of carbonyl (C=O) groups excluding carboxylic acids is 1. The number of anilines is 1. The molecule has 0 fully saturated rings. The van der Waals surface area contributed by atoms with Crippen LogP contribution in [0.25, 0.3) is 6.08 Å². The molecule has 4 rings (SSSR count).